The molecular weight excluding hydrogens is 493 g/mol. The smallest absolute Gasteiger partial charge is 0.273 e. The van der Waals surface area contributed by atoms with E-state index in [1.807, 2.05) is 26.0 Å². The van der Waals surface area contributed by atoms with Gasteiger partial charge in [0.25, 0.3) is 11.8 Å². The van der Waals surface area contributed by atoms with E-state index < -0.39 is 23.7 Å². The molecule has 1 fully saturated rings. The number of amides is 3. The predicted molar refractivity (Wildman–Crippen MR) is 142 cm³/mol. The highest BCUT2D eigenvalue weighted by Gasteiger charge is 2.37. The molecule has 8 nitrogen and oxygen atoms in total. The van der Waals surface area contributed by atoms with Crippen molar-refractivity contribution in [2.75, 3.05) is 10.6 Å². The number of nitrogens with zero attached hydrogens (tertiary/aromatic N) is 2. The molecule has 10 heteroatoms. The summed E-state index contributed by atoms with van der Waals surface area (Å²) in [6.45, 7) is 3.77. The lowest BCUT2D eigenvalue weighted by atomic mass is 9.94. The molecule has 1 aliphatic carbocycles. The maximum absolute atomic E-state index is 14.1. The molecule has 1 atom stereocenters. The second-order valence-electron chi connectivity index (χ2n) is 9.40. The summed E-state index contributed by atoms with van der Waals surface area (Å²) in [7, 11) is 0. The first-order chi connectivity index (χ1) is 17.7. The molecule has 1 saturated carbocycles. The van der Waals surface area contributed by atoms with Crippen molar-refractivity contribution in [3.63, 3.8) is 0 Å². The third-order valence-electron chi connectivity index (χ3n) is 6.63. The summed E-state index contributed by atoms with van der Waals surface area (Å²) >= 11 is 0.748. The monoisotopic (exact) mass is 523 g/mol. The van der Waals surface area contributed by atoms with Crippen LogP contribution in [0.15, 0.2) is 42.5 Å². The topological polar surface area (TPSA) is 131 Å². The minimum absolute atomic E-state index is 0.00801. The second-order valence-corrected chi connectivity index (χ2v) is 10.2. The molecule has 3 amide bonds. The number of nitrogens with two attached hydrogens (primary N) is 2. The van der Waals surface area contributed by atoms with Crippen LogP contribution in [0, 0.1) is 19.7 Å². The lowest BCUT2D eigenvalue weighted by Gasteiger charge is -2.34. The molecule has 1 heterocycles. The first-order valence-corrected chi connectivity index (χ1v) is 13.0. The number of carbonyl (C=O) groups is 3. The largest absolute Gasteiger partial charge is 0.395 e. The first kappa shape index (κ1) is 26.3. The van der Waals surface area contributed by atoms with Gasteiger partial charge in [-0.05, 0) is 67.5 Å². The van der Waals surface area contributed by atoms with Crippen molar-refractivity contribution < 1.29 is 18.8 Å². The number of hydrogen-bond acceptors (Lipinski definition) is 6. The van der Waals surface area contributed by atoms with Crippen LogP contribution < -0.4 is 21.7 Å². The third-order valence-corrected chi connectivity index (χ3v) is 7.48. The van der Waals surface area contributed by atoms with Gasteiger partial charge < -0.3 is 16.8 Å². The summed E-state index contributed by atoms with van der Waals surface area (Å²) in [5, 5.41) is 3.11. The van der Waals surface area contributed by atoms with Gasteiger partial charge in [-0.25, -0.2) is 4.39 Å². The Bertz CT molecular complexity index is 1320. The maximum Gasteiger partial charge on any atom is 0.273 e. The Labute approximate surface area is 219 Å². The van der Waals surface area contributed by atoms with E-state index in [2.05, 4.69) is 9.69 Å². The fraction of sp³-hybridized carbons (Fsp3) is 0.333. The molecule has 3 aromatic rings. The Morgan fingerprint density at radius 2 is 1.76 bits per heavy atom. The summed E-state index contributed by atoms with van der Waals surface area (Å²) in [4.78, 5) is 41.2. The molecule has 4 rings (SSSR count). The Kier molecular flexibility index (Phi) is 7.87. The Hall–Kier alpha value is -3.79. The van der Waals surface area contributed by atoms with Gasteiger partial charge in [-0.2, -0.15) is 4.37 Å². The fourth-order valence-electron chi connectivity index (χ4n) is 4.77. The van der Waals surface area contributed by atoms with Crippen molar-refractivity contribution in [2.45, 2.75) is 58.0 Å². The summed E-state index contributed by atoms with van der Waals surface area (Å²) < 4.78 is 17.8. The van der Waals surface area contributed by atoms with Crippen molar-refractivity contribution in [3.8, 4) is 0 Å². The lowest BCUT2D eigenvalue weighted by molar-refractivity contribution is -0.123. The zero-order valence-electron chi connectivity index (χ0n) is 20.8. The average molecular weight is 524 g/mol. The van der Waals surface area contributed by atoms with Crippen LogP contribution in [0.25, 0.3) is 0 Å². The third kappa shape index (κ3) is 5.64. The molecule has 0 saturated heterocycles. The quantitative estimate of drug-likeness (QED) is 0.422. The van der Waals surface area contributed by atoms with Crippen LogP contribution in [-0.4, -0.2) is 28.1 Å². The van der Waals surface area contributed by atoms with E-state index in [9.17, 15) is 18.8 Å². The number of primary amides is 1. The molecule has 0 bridgehead atoms. The van der Waals surface area contributed by atoms with Gasteiger partial charge >= 0.3 is 0 Å². The van der Waals surface area contributed by atoms with Crippen molar-refractivity contribution in [2.24, 2.45) is 5.73 Å². The molecule has 1 aromatic heterocycles. The summed E-state index contributed by atoms with van der Waals surface area (Å²) in [5.74, 6) is -2.30. The highest BCUT2D eigenvalue weighted by molar-refractivity contribution is 7.09. The Morgan fingerprint density at radius 3 is 2.35 bits per heavy atom. The van der Waals surface area contributed by atoms with Crippen LogP contribution in [0.4, 0.5) is 15.8 Å². The standard InChI is InChI=1S/C27H30FN5O3S/c1-15-8-13-20(16(2)14-15)33(27(36)24-21(29)22(25(30)34)32-37-24)23(17-9-11-18(28)12-10-17)26(35)31-19-6-4-3-5-7-19/h8-14,19,23H,3-7,29H2,1-2H3,(H2,30,34)(H,31,35). The van der Waals surface area contributed by atoms with Crippen LogP contribution in [0.5, 0.6) is 0 Å². The number of nitrogen functional groups attached to an aromatic ring is 1. The minimum Gasteiger partial charge on any atom is -0.395 e. The van der Waals surface area contributed by atoms with Gasteiger partial charge in [0.1, 0.15) is 16.7 Å². The van der Waals surface area contributed by atoms with Gasteiger partial charge in [-0.15, -0.1) is 0 Å². The van der Waals surface area contributed by atoms with Gasteiger partial charge in [0.15, 0.2) is 5.69 Å². The van der Waals surface area contributed by atoms with E-state index in [-0.39, 0.29) is 28.2 Å². The number of carbonyl (C=O) groups excluding carboxylic acids is 3. The van der Waals surface area contributed by atoms with E-state index in [0.29, 0.717) is 11.3 Å². The fourth-order valence-corrected chi connectivity index (χ4v) is 5.51. The predicted octanol–water partition coefficient (Wildman–Crippen LogP) is 4.42. The number of anilines is 2. The SMILES string of the molecule is Cc1ccc(N(C(=O)c2snc(C(N)=O)c2N)C(C(=O)NC2CCCCC2)c2ccc(F)cc2)c(C)c1. The van der Waals surface area contributed by atoms with Crippen LogP contribution in [0.3, 0.4) is 0 Å². The van der Waals surface area contributed by atoms with E-state index >= 15 is 0 Å². The summed E-state index contributed by atoms with van der Waals surface area (Å²) in [6.07, 6.45) is 4.85. The molecular formula is C27H30FN5O3S. The molecule has 0 radical (unpaired) electrons. The summed E-state index contributed by atoms with van der Waals surface area (Å²) in [5.41, 5.74) is 13.8. The summed E-state index contributed by atoms with van der Waals surface area (Å²) in [6, 6.07) is 9.87. The number of benzene rings is 2. The average Bonchev–Trinajstić information content (AvgIpc) is 3.25. The molecule has 0 aliphatic heterocycles. The number of aromatic nitrogens is 1. The zero-order chi connectivity index (χ0) is 26.7. The number of hydrogen-bond donors (Lipinski definition) is 3. The van der Waals surface area contributed by atoms with E-state index in [0.717, 1.165) is 54.8 Å². The Morgan fingerprint density at radius 1 is 1.08 bits per heavy atom. The van der Waals surface area contributed by atoms with Crippen LogP contribution in [0.1, 0.15) is 75.0 Å². The molecule has 0 spiro atoms. The van der Waals surface area contributed by atoms with Gasteiger partial charge in [0.2, 0.25) is 5.91 Å². The van der Waals surface area contributed by atoms with Crippen molar-refractivity contribution in [3.05, 3.63) is 75.5 Å². The van der Waals surface area contributed by atoms with Crippen LogP contribution >= 0.6 is 11.5 Å². The van der Waals surface area contributed by atoms with Crippen molar-refractivity contribution >= 4 is 40.6 Å². The van der Waals surface area contributed by atoms with E-state index in [1.54, 1.807) is 6.07 Å². The molecule has 1 unspecified atom stereocenters. The molecule has 5 N–H and O–H groups in total. The van der Waals surface area contributed by atoms with Crippen LogP contribution in [0.2, 0.25) is 0 Å². The highest BCUT2D eigenvalue weighted by atomic mass is 32.1. The Balaban J connectivity index is 1.87. The minimum atomic E-state index is -1.13. The molecule has 1 aliphatic rings. The lowest BCUT2D eigenvalue weighted by Crippen LogP contribution is -2.47. The zero-order valence-corrected chi connectivity index (χ0v) is 21.6. The maximum atomic E-state index is 14.1. The molecule has 2 aromatic carbocycles. The van der Waals surface area contributed by atoms with Gasteiger partial charge in [-0.1, -0.05) is 49.1 Å². The van der Waals surface area contributed by atoms with Gasteiger partial charge in [-0.3, -0.25) is 19.3 Å². The van der Waals surface area contributed by atoms with Crippen molar-refractivity contribution in [1.82, 2.24) is 9.69 Å². The normalized spacial score (nSPS) is 14.7. The van der Waals surface area contributed by atoms with E-state index in [1.165, 1.54) is 29.2 Å². The van der Waals surface area contributed by atoms with Gasteiger partial charge in [0, 0.05) is 11.7 Å². The van der Waals surface area contributed by atoms with Gasteiger partial charge in [0.05, 0.1) is 5.69 Å². The van der Waals surface area contributed by atoms with E-state index in [4.69, 9.17) is 11.5 Å². The number of rotatable bonds is 7. The highest BCUT2D eigenvalue weighted by Crippen LogP contribution is 2.35. The second kappa shape index (κ2) is 11.1. The van der Waals surface area contributed by atoms with Crippen LogP contribution in [-0.2, 0) is 4.79 Å². The van der Waals surface area contributed by atoms with Crippen molar-refractivity contribution in [1.29, 1.82) is 0 Å². The number of halogens is 1. The first-order valence-electron chi connectivity index (χ1n) is 12.2. The number of nitrogens with one attached hydrogen (secondary N) is 1. The molecule has 194 valence electrons. The number of aryl methyl sites for hydroxylation is 2. The molecule has 37 heavy (non-hydrogen) atoms.